The summed E-state index contributed by atoms with van der Waals surface area (Å²) in [6.07, 6.45) is 0.770. The second-order valence-corrected chi connectivity index (χ2v) is 4.24. The summed E-state index contributed by atoms with van der Waals surface area (Å²) < 4.78 is 0. The molecule has 6 nitrogen and oxygen atoms in total. The molecular formula is C14H18N2O4. The number of benzene rings is 1. The lowest BCUT2D eigenvalue weighted by atomic mass is 10.2. The molecule has 1 rings (SSSR count). The Kier molecular flexibility index (Phi) is 6.22. The molecule has 0 spiro atoms. The zero-order chi connectivity index (χ0) is 15.0. The Hall–Kier alpha value is -2.37. The van der Waals surface area contributed by atoms with Crippen LogP contribution < -0.4 is 10.6 Å². The fourth-order valence-corrected chi connectivity index (χ4v) is 1.53. The molecule has 3 N–H and O–H groups in total. The van der Waals surface area contributed by atoms with E-state index in [1.807, 2.05) is 0 Å². The maximum atomic E-state index is 11.8. The number of nitrogens with one attached hydrogen (secondary N) is 2. The SMILES string of the molecule is CCC(=O)Nc1cccc(C(=O)NCCCC(=O)O)c1. The number of hydrogen-bond donors (Lipinski definition) is 3. The lowest BCUT2D eigenvalue weighted by Crippen LogP contribution is -2.25. The van der Waals surface area contributed by atoms with Crippen LogP contribution in [0.3, 0.4) is 0 Å². The quantitative estimate of drug-likeness (QED) is 0.660. The number of carboxylic acids is 1. The summed E-state index contributed by atoms with van der Waals surface area (Å²) in [7, 11) is 0. The van der Waals surface area contributed by atoms with E-state index in [9.17, 15) is 14.4 Å². The van der Waals surface area contributed by atoms with Gasteiger partial charge in [0, 0.05) is 30.6 Å². The highest BCUT2D eigenvalue weighted by atomic mass is 16.4. The molecule has 1 aromatic rings. The van der Waals surface area contributed by atoms with Gasteiger partial charge in [-0.25, -0.2) is 0 Å². The van der Waals surface area contributed by atoms with Crippen LogP contribution in [0.5, 0.6) is 0 Å². The second kappa shape index (κ2) is 7.93. The fraction of sp³-hybridized carbons (Fsp3) is 0.357. The first kappa shape index (κ1) is 15.7. The molecule has 0 saturated heterocycles. The Labute approximate surface area is 117 Å². The van der Waals surface area contributed by atoms with Crippen LogP contribution in [0, 0.1) is 0 Å². The van der Waals surface area contributed by atoms with E-state index >= 15 is 0 Å². The standard InChI is InChI=1S/C14H18N2O4/c1-2-12(17)16-11-6-3-5-10(9-11)14(20)15-8-4-7-13(18)19/h3,5-6,9H,2,4,7-8H2,1H3,(H,15,20)(H,16,17)(H,18,19). The molecule has 20 heavy (non-hydrogen) atoms. The Morgan fingerprint density at radius 1 is 1.25 bits per heavy atom. The van der Waals surface area contributed by atoms with Crippen LogP contribution in [-0.4, -0.2) is 29.4 Å². The molecule has 1 aromatic carbocycles. The van der Waals surface area contributed by atoms with Crippen LogP contribution in [0.2, 0.25) is 0 Å². The molecule has 0 radical (unpaired) electrons. The zero-order valence-electron chi connectivity index (χ0n) is 11.3. The van der Waals surface area contributed by atoms with Gasteiger partial charge in [-0.2, -0.15) is 0 Å². The lowest BCUT2D eigenvalue weighted by molar-refractivity contribution is -0.137. The van der Waals surface area contributed by atoms with Gasteiger partial charge in [-0.15, -0.1) is 0 Å². The number of carbonyl (C=O) groups is 3. The van der Waals surface area contributed by atoms with E-state index in [1.54, 1.807) is 31.2 Å². The number of carbonyl (C=O) groups excluding carboxylic acids is 2. The van der Waals surface area contributed by atoms with Gasteiger partial charge >= 0.3 is 5.97 Å². The summed E-state index contributed by atoms with van der Waals surface area (Å²) in [6, 6.07) is 6.60. The first-order chi connectivity index (χ1) is 9.52. The molecule has 108 valence electrons. The summed E-state index contributed by atoms with van der Waals surface area (Å²) in [5.41, 5.74) is 0.990. The van der Waals surface area contributed by atoms with Crippen LogP contribution in [0.15, 0.2) is 24.3 Å². The summed E-state index contributed by atoms with van der Waals surface area (Å²) in [5.74, 6) is -1.30. The highest BCUT2D eigenvalue weighted by Crippen LogP contribution is 2.11. The smallest absolute Gasteiger partial charge is 0.303 e. The van der Waals surface area contributed by atoms with Gasteiger partial charge < -0.3 is 15.7 Å². The maximum absolute atomic E-state index is 11.8. The van der Waals surface area contributed by atoms with E-state index in [-0.39, 0.29) is 18.2 Å². The molecule has 0 unspecified atom stereocenters. The molecule has 0 fully saturated rings. The third-order valence-electron chi connectivity index (χ3n) is 2.58. The minimum atomic E-state index is -0.886. The van der Waals surface area contributed by atoms with Crippen LogP contribution >= 0.6 is 0 Å². The van der Waals surface area contributed by atoms with Gasteiger partial charge in [0.1, 0.15) is 0 Å². The number of rotatable bonds is 7. The van der Waals surface area contributed by atoms with E-state index in [1.165, 1.54) is 0 Å². The molecule has 2 amide bonds. The summed E-state index contributed by atoms with van der Waals surface area (Å²) in [6.45, 7) is 2.05. The monoisotopic (exact) mass is 278 g/mol. The average molecular weight is 278 g/mol. The predicted molar refractivity (Wildman–Crippen MR) is 74.6 cm³/mol. The van der Waals surface area contributed by atoms with E-state index < -0.39 is 5.97 Å². The van der Waals surface area contributed by atoms with Gasteiger partial charge in [0.25, 0.3) is 5.91 Å². The van der Waals surface area contributed by atoms with Crippen molar-refractivity contribution in [3.63, 3.8) is 0 Å². The number of anilines is 1. The predicted octanol–water partition coefficient (Wildman–Crippen LogP) is 1.63. The normalized spacial score (nSPS) is 9.85. The molecule has 6 heteroatoms. The molecule has 0 bridgehead atoms. The van der Waals surface area contributed by atoms with E-state index in [2.05, 4.69) is 10.6 Å². The van der Waals surface area contributed by atoms with Crippen LogP contribution in [-0.2, 0) is 9.59 Å². The zero-order valence-corrected chi connectivity index (χ0v) is 11.3. The van der Waals surface area contributed by atoms with Gasteiger partial charge in [-0.3, -0.25) is 14.4 Å². The highest BCUT2D eigenvalue weighted by molar-refractivity contribution is 5.97. The third-order valence-corrected chi connectivity index (χ3v) is 2.58. The summed E-state index contributed by atoms with van der Waals surface area (Å²) >= 11 is 0. The molecular weight excluding hydrogens is 260 g/mol. The number of aliphatic carboxylic acids is 1. The molecule has 0 atom stereocenters. The van der Waals surface area contributed by atoms with Gasteiger partial charge in [0.2, 0.25) is 5.91 Å². The summed E-state index contributed by atoms with van der Waals surface area (Å²) in [5, 5.41) is 13.8. The number of hydrogen-bond acceptors (Lipinski definition) is 3. The Morgan fingerprint density at radius 2 is 2.00 bits per heavy atom. The Morgan fingerprint density at radius 3 is 2.65 bits per heavy atom. The maximum Gasteiger partial charge on any atom is 0.303 e. The van der Waals surface area contributed by atoms with Gasteiger partial charge in [0.15, 0.2) is 0 Å². The van der Waals surface area contributed by atoms with E-state index in [0.717, 1.165) is 0 Å². The van der Waals surface area contributed by atoms with Gasteiger partial charge in [0.05, 0.1) is 0 Å². The Balaban J connectivity index is 2.53. The minimum Gasteiger partial charge on any atom is -0.481 e. The van der Waals surface area contributed by atoms with Crippen molar-refractivity contribution in [1.29, 1.82) is 0 Å². The van der Waals surface area contributed by atoms with Gasteiger partial charge in [-0.05, 0) is 24.6 Å². The molecule has 0 aliphatic rings. The van der Waals surface area contributed by atoms with Crippen molar-refractivity contribution in [3.8, 4) is 0 Å². The molecule has 0 heterocycles. The van der Waals surface area contributed by atoms with Crippen molar-refractivity contribution in [2.24, 2.45) is 0 Å². The number of carboxylic acid groups (broad SMARTS) is 1. The molecule has 0 aromatic heterocycles. The largest absolute Gasteiger partial charge is 0.481 e. The Bertz CT molecular complexity index is 500. The van der Waals surface area contributed by atoms with E-state index in [4.69, 9.17) is 5.11 Å². The van der Waals surface area contributed by atoms with Crippen molar-refractivity contribution in [2.75, 3.05) is 11.9 Å². The first-order valence-electron chi connectivity index (χ1n) is 6.43. The molecule has 0 aliphatic carbocycles. The number of amides is 2. The summed E-state index contributed by atoms with van der Waals surface area (Å²) in [4.78, 5) is 33.4. The third kappa shape index (κ3) is 5.51. The van der Waals surface area contributed by atoms with Crippen LogP contribution in [0.4, 0.5) is 5.69 Å². The van der Waals surface area contributed by atoms with Crippen molar-refractivity contribution < 1.29 is 19.5 Å². The van der Waals surface area contributed by atoms with Crippen LogP contribution in [0.1, 0.15) is 36.5 Å². The molecule has 0 aliphatic heterocycles. The topological polar surface area (TPSA) is 95.5 Å². The lowest BCUT2D eigenvalue weighted by Gasteiger charge is -2.07. The van der Waals surface area contributed by atoms with Gasteiger partial charge in [-0.1, -0.05) is 13.0 Å². The average Bonchev–Trinajstić information content (AvgIpc) is 2.43. The van der Waals surface area contributed by atoms with Crippen molar-refractivity contribution in [2.45, 2.75) is 26.2 Å². The molecule has 0 saturated carbocycles. The first-order valence-corrected chi connectivity index (χ1v) is 6.43. The second-order valence-electron chi connectivity index (χ2n) is 4.24. The van der Waals surface area contributed by atoms with E-state index in [0.29, 0.717) is 30.6 Å². The highest BCUT2D eigenvalue weighted by Gasteiger charge is 2.07. The van der Waals surface area contributed by atoms with Crippen molar-refractivity contribution in [1.82, 2.24) is 5.32 Å². The minimum absolute atomic E-state index is 0.0207. The van der Waals surface area contributed by atoms with Crippen LogP contribution in [0.25, 0.3) is 0 Å². The van der Waals surface area contributed by atoms with Crippen molar-refractivity contribution in [3.05, 3.63) is 29.8 Å². The van der Waals surface area contributed by atoms with Crippen molar-refractivity contribution >= 4 is 23.5 Å². The fourth-order valence-electron chi connectivity index (χ4n) is 1.53.